The highest BCUT2D eigenvalue weighted by molar-refractivity contribution is 6.18. The number of aliphatic hydroxyl groups is 1. The third kappa shape index (κ3) is 2.38. The second-order valence-electron chi connectivity index (χ2n) is 6.63. The molecule has 0 spiro atoms. The van der Waals surface area contributed by atoms with Crippen molar-refractivity contribution in [2.75, 3.05) is 6.61 Å². The number of amides is 1. The number of halogens is 2. The predicted molar refractivity (Wildman–Crippen MR) is 92.7 cm³/mol. The van der Waals surface area contributed by atoms with Crippen molar-refractivity contribution in [3.8, 4) is 0 Å². The van der Waals surface area contributed by atoms with Gasteiger partial charge in [-0.2, -0.15) is 0 Å². The summed E-state index contributed by atoms with van der Waals surface area (Å²) in [5.41, 5.74) is 6.67. The maximum atomic E-state index is 13.8. The van der Waals surface area contributed by atoms with Gasteiger partial charge >= 0.3 is 0 Å². The monoisotopic (exact) mass is 341 g/mol. The second-order valence-corrected chi connectivity index (χ2v) is 6.63. The van der Waals surface area contributed by atoms with Crippen molar-refractivity contribution in [2.45, 2.75) is 12.3 Å². The maximum Gasteiger partial charge on any atom is 0.257 e. The number of rotatable bonds is 4. The third-order valence-electron chi connectivity index (χ3n) is 5.22. The van der Waals surface area contributed by atoms with Crippen molar-refractivity contribution >= 4 is 27.5 Å². The van der Waals surface area contributed by atoms with E-state index in [0.717, 1.165) is 16.2 Å². The largest absolute Gasteiger partial charge is 0.396 e. The summed E-state index contributed by atoms with van der Waals surface area (Å²) in [4.78, 5) is 12.2. The van der Waals surface area contributed by atoms with Crippen LogP contribution in [0.5, 0.6) is 0 Å². The minimum absolute atomic E-state index is 0.105. The Kier molecular flexibility index (Phi) is 3.51. The van der Waals surface area contributed by atoms with Gasteiger partial charge in [0.2, 0.25) is 5.91 Å². The summed E-state index contributed by atoms with van der Waals surface area (Å²) >= 11 is 0. The van der Waals surface area contributed by atoms with Crippen LogP contribution in [0.1, 0.15) is 15.9 Å². The Labute approximate surface area is 143 Å². The van der Waals surface area contributed by atoms with Gasteiger partial charge in [-0.1, -0.05) is 42.5 Å². The van der Waals surface area contributed by atoms with Gasteiger partial charge < -0.3 is 10.8 Å². The zero-order valence-electron chi connectivity index (χ0n) is 13.4. The fourth-order valence-corrected chi connectivity index (χ4v) is 3.85. The van der Waals surface area contributed by atoms with Crippen molar-refractivity contribution in [1.82, 2.24) is 0 Å². The molecular weight excluding hydrogens is 324 g/mol. The van der Waals surface area contributed by atoms with E-state index in [2.05, 4.69) is 0 Å². The molecule has 0 aromatic heterocycles. The van der Waals surface area contributed by atoms with E-state index in [0.29, 0.717) is 16.5 Å². The van der Waals surface area contributed by atoms with E-state index in [-0.39, 0.29) is 6.42 Å². The van der Waals surface area contributed by atoms with Crippen LogP contribution in [0, 0.1) is 11.8 Å². The summed E-state index contributed by atoms with van der Waals surface area (Å²) in [5, 5.41) is 12.2. The van der Waals surface area contributed by atoms with Crippen LogP contribution in [0.4, 0.5) is 8.78 Å². The van der Waals surface area contributed by atoms with Gasteiger partial charge in [0.1, 0.15) is 0 Å². The molecule has 3 aromatic rings. The number of carbonyl (C=O) groups excluding carboxylic acids is 1. The SMILES string of the molecule is NC(=O)c1c2ccccc2cc2cccc(C[C@H]3[C@@H](CO)C3(F)F)c12. The number of hydrogen-bond donors (Lipinski definition) is 2. The average Bonchev–Trinajstić information content (AvgIpc) is 3.11. The van der Waals surface area contributed by atoms with Crippen molar-refractivity contribution in [3.63, 3.8) is 0 Å². The lowest BCUT2D eigenvalue weighted by Gasteiger charge is -2.13. The third-order valence-corrected chi connectivity index (χ3v) is 5.22. The molecule has 0 bridgehead atoms. The lowest BCUT2D eigenvalue weighted by atomic mass is 9.91. The van der Waals surface area contributed by atoms with Gasteiger partial charge in [0, 0.05) is 5.92 Å². The zero-order chi connectivity index (χ0) is 17.8. The van der Waals surface area contributed by atoms with Crippen LogP contribution >= 0.6 is 0 Å². The van der Waals surface area contributed by atoms with Crippen LogP contribution < -0.4 is 5.73 Å². The van der Waals surface area contributed by atoms with E-state index in [4.69, 9.17) is 10.8 Å². The van der Waals surface area contributed by atoms with E-state index < -0.39 is 30.3 Å². The summed E-state index contributed by atoms with van der Waals surface area (Å²) in [6.07, 6.45) is 0.105. The second kappa shape index (κ2) is 5.49. The number of hydrogen-bond acceptors (Lipinski definition) is 2. The van der Waals surface area contributed by atoms with E-state index in [9.17, 15) is 13.6 Å². The topological polar surface area (TPSA) is 63.3 Å². The molecule has 1 aliphatic rings. The Morgan fingerprint density at radius 3 is 2.48 bits per heavy atom. The van der Waals surface area contributed by atoms with Crippen LogP contribution in [0.3, 0.4) is 0 Å². The van der Waals surface area contributed by atoms with Crippen LogP contribution in [0.2, 0.25) is 0 Å². The van der Waals surface area contributed by atoms with Gasteiger partial charge in [0.15, 0.2) is 0 Å². The molecule has 0 radical (unpaired) electrons. The molecule has 3 N–H and O–H groups in total. The summed E-state index contributed by atoms with van der Waals surface area (Å²) in [6.45, 7) is -0.534. The van der Waals surface area contributed by atoms with Gasteiger partial charge in [-0.05, 0) is 39.6 Å². The Hall–Kier alpha value is -2.53. The molecule has 4 rings (SSSR count). The predicted octanol–water partition coefficient (Wildman–Crippen LogP) is 3.51. The first-order valence-corrected chi connectivity index (χ1v) is 8.17. The van der Waals surface area contributed by atoms with E-state index >= 15 is 0 Å². The normalized spacial score (nSPS) is 21.6. The Balaban J connectivity index is 1.94. The first-order chi connectivity index (χ1) is 11.9. The number of nitrogens with two attached hydrogens (primary N) is 1. The minimum atomic E-state index is -2.86. The molecule has 25 heavy (non-hydrogen) atoms. The molecule has 3 aromatic carbocycles. The molecule has 1 saturated carbocycles. The highest BCUT2D eigenvalue weighted by Crippen LogP contribution is 2.56. The maximum absolute atomic E-state index is 13.8. The highest BCUT2D eigenvalue weighted by Gasteiger charge is 2.67. The number of benzene rings is 3. The van der Waals surface area contributed by atoms with Crippen molar-refractivity contribution < 1.29 is 18.7 Å². The van der Waals surface area contributed by atoms with Gasteiger partial charge in [-0.25, -0.2) is 8.78 Å². The highest BCUT2D eigenvalue weighted by atomic mass is 19.3. The molecule has 0 saturated heterocycles. The number of aliphatic hydroxyl groups excluding tert-OH is 1. The average molecular weight is 341 g/mol. The van der Waals surface area contributed by atoms with E-state index in [1.54, 1.807) is 12.1 Å². The first-order valence-electron chi connectivity index (χ1n) is 8.17. The minimum Gasteiger partial charge on any atom is -0.396 e. The lowest BCUT2D eigenvalue weighted by Crippen LogP contribution is -2.13. The van der Waals surface area contributed by atoms with Gasteiger partial charge in [-0.3, -0.25) is 4.79 Å². The van der Waals surface area contributed by atoms with Gasteiger partial charge in [0.05, 0.1) is 18.1 Å². The molecule has 1 fully saturated rings. The zero-order valence-corrected chi connectivity index (χ0v) is 13.4. The van der Waals surface area contributed by atoms with Crippen LogP contribution in [-0.4, -0.2) is 23.5 Å². The Morgan fingerprint density at radius 2 is 1.80 bits per heavy atom. The number of fused-ring (bicyclic) bond motifs is 2. The quantitative estimate of drug-likeness (QED) is 0.713. The van der Waals surface area contributed by atoms with Crippen molar-refractivity contribution in [2.24, 2.45) is 17.6 Å². The molecule has 5 heteroatoms. The Bertz CT molecular complexity index is 1000. The standard InChI is InChI=1S/C20H17F2NO2/c21-20(22)15(16(20)10-24)9-13-6-3-5-12-8-11-4-1-2-7-14(11)18(17(12)13)19(23)25/h1-8,15-16,24H,9-10H2,(H2,23,25)/t15-,16+/m0/s1. The number of carbonyl (C=O) groups is 1. The molecule has 0 unspecified atom stereocenters. The molecule has 2 atom stereocenters. The van der Waals surface area contributed by atoms with Crippen LogP contribution in [0.15, 0.2) is 48.5 Å². The molecule has 1 aliphatic carbocycles. The fraction of sp³-hybridized carbons (Fsp3) is 0.250. The molecule has 1 amide bonds. The lowest BCUT2D eigenvalue weighted by molar-refractivity contribution is 0.0721. The van der Waals surface area contributed by atoms with Gasteiger partial charge in [0.25, 0.3) is 5.92 Å². The number of primary amides is 1. The number of alkyl halides is 2. The molecule has 128 valence electrons. The summed E-state index contributed by atoms with van der Waals surface area (Å²) in [7, 11) is 0. The van der Waals surface area contributed by atoms with E-state index in [1.165, 1.54) is 0 Å². The smallest absolute Gasteiger partial charge is 0.257 e. The van der Waals surface area contributed by atoms with Crippen LogP contribution in [0.25, 0.3) is 21.5 Å². The van der Waals surface area contributed by atoms with E-state index in [1.807, 2.05) is 36.4 Å². The molecular formula is C20H17F2NO2. The fourth-order valence-electron chi connectivity index (χ4n) is 3.85. The molecule has 3 nitrogen and oxygen atoms in total. The van der Waals surface area contributed by atoms with Crippen molar-refractivity contribution in [1.29, 1.82) is 0 Å². The first kappa shape index (κ1) is 16.0. The molecule has 0 aliphatic heterocycles. The summed E-state index contributed by atoms with van der Waals surface area (Å²) in [5.74, 6) is -5.35. The summed E-state index contributed by atoms with van der Waals surface area (Å²) in [6, 6.07) is 14.7. The summed E-state index contributed by atoms with van der Waals surface area (Å²) < 4.78 is 27.6. The van der Waals surface area contributed by atoms with Gasteiger partial charge in [-0.15, -0.1) is 0 Å². The van der Waals surface area contributed by atoms with Crippen molar-refractivity contribution in [3.05, 3.63) is 59.7 Å². The van der Waals surface area contributed by atoms with Crippen LogP contribution in [-0.2, 0) is 6.42 Å². The Morgan fingerprint density at radius 1 is 1.08 bits per heavy atom. The molecule has 0 heterocycles.